The van der Waals surface area contributed by atoms with Crippen molar-refractivity contribution >= 4 is 17.4 Å². The first-order valence-corrected chi connectivity index (χ1v) is 26.0. The highest BCUT2D eigenvalue weighted by molar-refractivity contribution is 6.01. The van der Waals surface area contributed by atoms with Gasteiger partial charge in [-0.15, -0.1) is 0 Å². The van der Waals surface area contributed by atoms with Crippen molar-refractivity contribution in [1.82, 2.24) is 5.32 Å². The second-order valence-corrected chi connectivity index (χ2v) is 21.5. The molecule has 1 amide bonds. The van der Waals surface area contributed by atoms with E-state index in [0.29, 0.717) is 12.0 Å². The maximum atomic E-state index is 14.1. The van der Waals surface area contributed by atoms with E-state index in [-0.39, 0.29) is 17.4 Å². The molecule has 1 N–H and O–H groups in total. The zero-order chi connectivity index (χ0) is 43.7. The first-order chi connectivity index (χ1) is 29.5. The molecule has 1 aromatic rings. The Balaban J connectivity index is 1.09. The maximum absolute atomic E-state index is 14.1. The predicted molar refractivity (Wildman–Crippen MR) is 259 cm³/mol. The zero-order valence-electron chi connectivity index (χ0n) is 40.4. The largest absolute Gasteiger partial charge is 0.461 e. The fourth-order valence-corrected chi connectivity index (χ4v) is 13.0. The lowest BCUT2D eigenvalue weighted by molar-refractivity contribution is -0.157. The van der Waals surface area contributed by atoms with Gasteiger partial charge in [-0.3, -0.25) is 9.59 Å². The van der Waals surface area contributed by atoms with Crippen LogP contribution in [0.2, 0.25) is 0 Å². The quantitative estimate of drug-likeness (QED) is 0.0438. The highest BCUT2D eigenvalue weighted by Gasteiger charge is 2.59. The summed E-state index contributed by atoms with van der Waals surface area (Å²) in [6.45, 7) is 17.4. The van der Waals surface area contributed by atoms with Crippen molar-refractivity contribution in [2.75, 3.05) is 6.54 Å². The molecule has 0 aliphatic heterocycles. The molecule has 4 nitrogen and oxygen atoms in total. The lowest BCUT2D eigenvalue weighted by atomic mass is 9.47. The van der Waals surface area contributed by atoms with Crippen molar-refractivity contribution in [2.45, 2.75) is 215 Å². The Labute approximate surface area is 375 Å². The SMILES string of the molecule is CCCCCCCC/C=C\CCCCCCCCNC(=O)C(/C=C(\C)c1ccccc1)C(=O)O[C@H]1CC[C@@]2(C)C(=CC[C@H]3[C@@H]4CC[C@H]([C@H](C)CCCC(C)C)[C@@]4(C)CC[C@@H]32)C1. The van der Waals surface area contributed by atoms with Crippen molar-refractivity contribution in [1.29, 1.82) is 0 Å². The Bertz CT molecular complexity index is 1560. The molecule has 0 aromatic heterocycles. The summed E-state index contributed by atoms with van der Waals surface area (Å²) in [5.41, 5.74) is 4.15. The Morgan fingerprint density at radius 1 is 0.787 bits per heavy atom. The monoisotopic (exact) mass is 838 g/mol. The fourth-order valence-electron chi connectivity index (χ4n) is 13.0. The third kappa shape index (κ3) is 13.9. The van der Waals surface area contributed by atoms with E-state index in [1.54, 1.807) is 0 Å². The van der Waals surface area contributed by atoms with Crippen LogP contribution in [0.1, 0.15) is 215 Å². The minimum Gasteiger partial charge on any atom is -0.461 e. The normalized spacial score (nSPS) is 28.5. The summed E-state index contributed by atoms with van der Waals surface area (Å²) in [4.78, 5) is 27.8. The molecule has 5 rings (SSSR count). The van der Waals surface area contributed by atoms with Crippen molar-refractivity contribution in [3.63, 3.8) is 0 Å². The number of nitrogens with one attached hydrogen (secondary N) is 1. The molecule has 0 heterocycles. The number of hydrogen-bond acceptors (Lipinski definition) is 3. The minimum atomic E-state index is -0.952. The number of carbonyl (C=O) groups is 2. The molecule has 0 saturated heterocycles. The predicted octanol–water partition coefficient (Wildman–Crippen LogP) is 15.8. The fraction of sp³-hybridized carbons (Fsp3) is 0.754. The van der Waals surface area contributed by atoms with E-state index in [1.807, 2.05) is 43.3 Å². The topological polar surface area (TPSA) is 55.4 Å². The molecule has 9 atom stereocenters. The average molecular weight is 838 g/mol. The molecule has 3 fully saturated rings. The standard InChI is InChI=1S/C57H91NO3/c1-8-9-10-11-12-13-14-15-16-17-18-19-20-21-22-26-40-58-54(59)50(41-45(5)46-30-24-23-25-31-46)55(60)61-48-36-38-56(6)47(42-48)32-33-49-52-35-34-51(44(4)29-27-28-43(2)3)57(52,7)39-37-53(49)56/h15-16,23-25,30-32,41,43-44,48-53H,8-14,17-22,26-29,33-40,42H2,1-7H3,(H,58,59)/b16-15-,45-41+/t44-,48+,49+,50?,51-,52+,53+,56+,57-/m1/s1. The number of allylic oxidation sites excluding steroid dienone is 4. The molecule has 4 aliphatic carbocycles. The molecule has 1 unspecified atom stereocenters. The molecule has 3 saturated carbocycles. The summed E-state index contributed by atoms with van der Waals surface area (Å²) in [5, 5.41) is 3.13. The van der Waals surface area contributed by atoms with Crippen molar-refractivity contribution in [3.05, 3.63) is 65.8 Å². The third-order valence-corrected chi connectivity index (χ3v) is 16.7. The van der Waals surface area contributed by atoms with E-state index in [2.05, 4.69) is 65.1 Å². The van der Waals surface area contributed by atoms with Crippen LogP contribution in [0.5, 0.6) is 0 Å². The number of unbranched alkanes of at least 4 members (excludes halogenated alkanes) is 12. The van der Waals surface area contributed by atoms with Crippen LogP contribution in [0.15, 0.2) is 60.2 Å². The molecule has 4 heteroatoms. The molecule has 0 bridgehead atoms. The molecule has 0 radical (unpaired) electrons. The summed E-state index contributed by atoms with van der Waals surface area (Å²) in [5.74, 6) is 3.27. The minimum absolute atomic E-state index is 0.170. The number of hydrogen-bond donors (Lipinski definition) is 1. The summed E-state index contributed by atoms with van der Waals surface area (Å²) < 4.78 is 6.36. The Kier molecular flexibility index (Phi) is 20.3. The Hall–Kier alpha value is -2.62. The number of benzene rings is 1. The molecule has 61 heavy (non-hydrogen) atoms. The van der Waals surface area contributed by atoms with Gasteiger partial charge in [-0.1, -0.05) is 179 Å². The van der Waals surface area contributed by atoms with Gasteiger partial charge in [0.05, 0.1) is 0 Å². The molecular formula is C57H91NO3. The van der Waals surface area contributed by atoms with Gasteiger partial charge >= 0.3 is 5.97 Å². The first kappa shape index (κ1) is 49.4. The van der Waals surface area contributed by atoms with Crippen LogP contribution in [0, 0.1) is 52.3 Å². The lowest BCUT2D eigenvalue weighted by Crippen LogP contribution is -2.51. The van der Waals surface area contributed by atoms with Gasteiger partial charge in [0.25, 0.3) is 0 Å². The number of fused-ring (bicyclic) bond motifs is 5. The Morgan fingerprint density at radius 3 is 2.15 bits per heavy atom. The van der Waals surface area contributed by atoms with E-state index >= 15 is 0 Å². The second kappa shape index (κ2) is 25.0. The van der Waals surface area contributed by atoms with Crippen LogP contribution in [-0.2, 0) is 14.3 Å². The van der Waals surface area contributed by atoms with Crippen LogP contribution in [0.25, 0.3) is 5.57 Å². The molecule has 0 spiro atoms. The van der Waals surface area contributed by atoms with Crippen LogP contribution in [0.4, 0.5) is 0 Å². The van der Waals surface area contributed by atoms with E-state index in [9.17, 15) is 9.59 Å². The Morgan fingerprint density at radius 2 is 1.46 bits per heavy atom. The molecule has 342 valence electrons. The van der Waals surface area contributed by atoms with Crippen LogP contribution < -0.4 is 5.32 Å². The summed E-state index contributed by atoms with van der Waals surface area (Å²) >= 11 is 0. The van der Waals surface area contributed by atoms with E-state index in [0.717, 1.165) is 78.7 Å². The number of amides is 1. The van der Waals surface area contributed by atoms with Crippen LogP contribution >= 0.6 is 0 Å². The second-order valence-electron chi connectivity index (χ2n) is 21.5. The number of esters is 1. The van der Waals surface area contributed by atoms with Gasteiger partial charge in [-0.05, 0) is 141 Å². The lowest BCUT2D eigenvalue weighted by Gasteiger charge is -2.58. The molecular weight excluding hydrogens is 747 g/mol. The summed E-state index contributed by atoms with van der Waals surface area (Å²) in [7, 11) is 0. The molecule has 1 aromatic carbocycles. The number of carbonyl (C=O) groups excluding carboxylic acids is 2. The highest BCUT2D eigenvalue weighted by Crippen LogP contribution is 2.67. The molecule has 4 aliphatic rings. The van der Waals surface area contributed by atoms with Crippen LogP contribution in [0.3, 0.4) is 0 Å². The maximum Gasteiger partial charge on any atom is 0.322 e. The number of rotatable bonds is 26. The summed E-state index contributed by atoms with van der Waals surface area (Å²) in [6.07, 6.45) is 40.3. The van der Waals surface area contributed by atoms with E-state index in [4.69, 9.17) is 4.74 Å². The van der Waals surface area contributed by atoms with Crippen LogP contribution in [-0.4, -0.2) is 24.5 Å². The van der Waals surface area contributed by atoms with Gasteiger partial charge in [0.2, 0.25) is 5.91 Å². The van der Waals surface area contributed by atoms with E-state index < -0.39 is 11.9 Å². The van der Waals surface area contributed by atoms with E-state index in [1.165, 1.54) is 134 Å². The average Bonchev–Trinajstić information content (AvgIpc) is 3.61. The van der Waals surface area contributed by atoms with Crippen molar-refractivity contribution in [3.8, 4) is 0 Å². The van der Waals surface area contributed by atoms with Gasteiger partial charge in [0.1, 0.15) is 6.10 Å². The van der Waals surface area contributed by atoms with Gasteiger partial charge in [0.15, 0.2) is 5.92 Å². The van der Waals surface area contributed by atoms with Gasteiger partial charge in [0, 0.05) is 13.0 Å². The van der Waals surface area contributed by atoms with Gasteiger partial charge in [-0.25, -0.2) is 0 Å². The van der Waals surface area contributed by atoms with Crippen molar-refractivity contribution in [2.24, 2.45) is 52.3 Å². The van der Waals surface area contributed by atoms with Gasteiger partial charge in [-0.2, -0.15) is 0 Å². The zero-order valence-corrected chi connectivity index (χ0v) is 40.4. The highest BCUT2D eigenvalue weighted by atomic mass is 16.5. The smallest absolute Gasteiger partial charge is 0.322 e. The first-order valence-electron chi connectivity index (χ1n) is 26.0. The number of ether oxygens (including phenoxy) is 1. The third-order valence-electron chi connectivity index (χ3n) is 16.7. The summed E-state index contributed by atoms with van der Waals surface area (Å²) in [6, 6.07) is 10.1. The van der Waals surface area contributed by atoms with Gasteiger partial charge < -0.3 is 10.1 Å². The van der Waals surface area contributed by atoms with Crippen molar-refractivity contribution < 1.29 is 14.3 Å².